The molecule has 0 aromatic carbocycles. The van der Waals surface area contributed by atoms with Gasteiger partial charge in [0, 0.05) is 37.1 Å². The molecule has 1 rings (SSSR count). The summed E-state index contributed by atoms with van der Waals surface area (Å²) in [5.41, 5.74) is 0.133. The molecule has 66 valence electrons. The van der Waals surface area contributed by atoms with E-state index in [0.29, 0.717) is 0 Å². The van der Waals surface area contributed by atoms with E-state index in [0.717, 1.165) is 37.1 Å². The fraction of sp³-hybridized carbons (Fsp3) is 1.00. The van der Waals surface area contributed by atoms with E-state index in [2.05, 4.69) is 29.5 Å². The second-order valence-corrected chi connectivity index (χ2v) is 3.62. The molecule has 0 radical (unpaired) electrons. The number of hydrogen-bond acceptors (Lipinski definition) is 2. The zero-order valence-corrected chi connectivity index (χ0v) is 9.09. The van der Waals surface area contributed by atoms with Crippen LogP contribution in [0.2, 0.25) is 0 Å². The molecule has 1 aliphatic heterocycles. The van der Waals surface area contributed by atoms with Crippen molar-refractivity contribution in [2.75, 3.05) is 24.2 Å². The Bertz CT molecular complexity index is 105. The van der Waals surface area contributed by atoms with Crippen molar-refractivity contribution < 1.29 is 9.47 Å². The van der Waals surface area contributed by atoms with E-state index in [1.54, 1.807) is 0 Å². The number of halogens is 1. The summed E-state index contributed by atoms with van der Waals surface area (Å²) in [7, 11) is 0. The Morgan fingerprint density at radius 3 is 2.55 bits per heavy atom. The van der Waals surface area contributed by atoms with Crippen molar-refractivity contribution in [2.24, 2.45) is 0 Å². The van der Waals surface area contributed by atoms with E-state index in [4.69, 9.17) is 9.47 Å². The average molecular weight is 270 g/mol. The molecule has 0 amide bonds. The van der Waals surface area contributed by atoms with Gasteiger partial charge in [-0.1, -0.05) is 22.6 Å². The molecule has 0 unspecified atom stereocenters. The number of alkyl halides is 1. The van der Waals surface area contributed by atoms with Crippen molar-refractivity contribution in [3.8, 4) is 0 Å². The molecule has 1 heterocycles. The topological polar surface area (TPSA) is 18.5 Å². The highest BCUT2D eigenvalue weighted by molar-refractivity contribution is 14.1. The summed E-state index contributed by atoms with van der Waals surface area (Å²) < 4.78 is 12.1. The molecule has 0 N–H and O–H groups in total. The molecule has 3 heteroatoms. The van der Waals surface area contributed by atoms with Crippen molar-refractivity contribution in [3.05, 3.63) is 0 Å². The zero-order chi connectivity index (χ0) is 8.16. The van der Waals surface area contributed by atoms with Crippen LogP contribution in [-0.2, 0) is 9.47 Å². The molecule has 1 saturated heterocycles. The largest absolute Gasteiger partial charge is 0.381 e. The Hall–Kier alpha value is 0.650. The molecule has 0 saturated carbocycles. The smallest absolute Gasteiger partial charge is 0.0815 e. The lowest BCUT2D eigenvalue weighted by atomic mass is 9.97. The van der Waals surface area contributed by atoms with E-state index in [9.17, 15) is 0 Å². The highest BCUT2D eigenvalue weighted by atomic mass is 127. The van der Waals surface area contributed by atoms with Crippen LogP contribution >= 0.6 is 22.6 Å². The third-order valence-electron chi connectivity index (χ3n) is 2.10. The summed E-state index contributed by atoms with van der Waals surface area (Å²) in [5.74, 6) is 0. The molecule has 0 aliphatic carbocycles. The predicted octanol–water partition coefficient (Wildman–Crippen LogP) is 2.01. The van der Waals surface area contributed by atoms with E-state index >= 15 is 0 Å². The summed E-state index contributed by atoms with van der Waals surface area (Å²) in [4.78, 5) is 0. The lowest BCUT2D eigenvalue weighted by Gasteiger charge is -2.35. The minimum Gasteiger partial charge on any atom is -0.381 e. The van der Waals surface area contributed by atoms with Crippen LogP contribution in [0.1, 0.15) is 19.8 Å². The first kappa shape index (κ1) is 9.74. The molecule has 0 spiro atoms. The molecular weight excluding hydrogens is 255 g/mol. The first-order valence-corrected chi connectivity index (χ1v) is 5.63. The number of hydrogen-bond donors (Lipinski definition) is 0. The number of ether oxygens (including phenoxy) is 2. The molecule has 1 aliphatic rings. The second-order valence-electron chi connectivity index (χ2n) is 2.86. The monoisotopic (exact) mass is 270 g/mol. The van der Waals surface area contributed by atoms with Crippen molar-refractivity contribution in [2.45, 2.75) is 25.4 Å². The standard InChI is InChI=1S/C8H15IO2/c1-2-11-8(7-9)3-5-10-6-4-8/h2-7H2,1H3. The quantitative estimate of drug-likeness (QED) is 0.577. The Labute approximate surface area is 81.8 Å². The predicted molar refractivity (Wildman–Crippen MR) is 53.3 cm³/mol. The minimum atomic E-state index is 0.133. The molecule has 0 aromatic rings. The Morgan fingerprint density at radius 1 is 1.45 bits per heavy atom. The first-order chi connectivity index (χ1) is 5.33. The Kier molecular flexibility index (Phi) is 4.09. The highest BCUT2D eigenvalue weighted by Gasteiger charge is 2.31. The molecule has 2 nitrogen and oxygen atoms in total. The van der Waals surface area contributed by atoms with Crippen LogP contribution < -0.4 is 0 Å². The van der Waals surface area contributed by atoms with E-state index in [1.165, 1.54) is 0 Å². The van der Waals surface area contributed by atoms with Crippen molar-refractivity contribution in [3.63, 3.8) is 0 Å². The summed E-state index contributed by atoms with van der Waals surface area (Å²) in [6, 6.07) is 0. The van der Waals surface area contributed by atoms with Crippen LogP contribution in [0.15, 0.2) is 0 Å². The van der Waals surface area contributed by atoms with Gasteiger partial charge >= 0.3 is 0 Å². The van der Waals surface area contributed by atoms with Crippen LogP contribution in [0.3, 0.4) is 0 Å². The lowest BCUT2D eigenvalue weighted by molar-refractivity contribution is -0.0900. The van der Waals surface area contributed by atoms with E-state index in [-0.39, 0.29) is 5.60 Å². The van der Waals surface area contributed by atoms with Crippen LogP contribution in [0.25, 0.3) is 0 Å². The van der Waals surface area contributed by atoms with Crippen LogP contribution in [0.4, 0.5) is 0 Å². The van der Waals surface area contributed by atoms with Gasteiger partial charge in [0.1, 0.15) is 0 Å². The van der Waals surface area contributed by atoms with Crippen molar-refractivity contribution >= 4 is 22.6 Å². The molecular formula is C8H15IO2. The Morgan fingerprint density at radius 2 is 2.09 bits per heavy atom. The maximum atomic E-state index is 5.73. The van der Waals surface area contributed by atoms with Crippen LogP contribution in [0.5, 0.6) is 0 Å². The van der Waals surface area contributed by atoms with Gasteiger partial charge in [-0.15, -0.1) is 0 Å². The van der Waals surface area contributed by atoms with Gasteiger partial charge in [-0.3, -0.25) is 0 Å². The minimum absolute atomic E-state index is 0.133. The Balaban J connectivity index is 2.42. The van der Waals surface area contributed by atoms with Gasteiger partial charge in [-0.25, -0.2) is 0 Å². The van der Waals surface area contributed by atoms with Crippen LogP contribution in [-0.4, -0.2) is 29.8 Å². The molecule has 0 atom stereocenters. The SMILES string of the molecule is CCOC1(CI)CCOCC1. The van der Waals surface area contributed by atoms with Crippen LogP contribution in [0, 0.1) is 0 Å². The zero-order valence-electron chi connectivity index (χ0n) is 6.94. The summed E-state index contributed by atoms with van der Waals surface area (Å²) in [6.45, 7) is 4.61. The first-order valence-electron chi connectivity index (χ1n) is 4.11. The fourth-order valence-electron chi connectivity index (χ4n) is 1.37. The molecule has 0 bridgehead atoms. The third kappa shape index (κ3) is 2.56. The van der Waals surface area contributed by atoms with E-state index < -0.39 is 0 Å². The van der Waals surface area contributed by atoms with Gasteiger partial charge in [0.25, 0.3) is 0 Å². The van der Waals surface area contributed by atoms with Gasteiger partial charge in [0.05, 0.1) is 5.60 Å². The normalized spacial score (nSPS) is 23.5. The van der Waals surface area contributed by atoms with Crippen molar-refractivity contribution in [1.82, 2.24) is 0 Å². The second kappa shape index (κ2) is 4.62. The van der Waals surface area contributed by atoms with Gasteiger partial charge in [0.15, 0.2) is 0 Å². The molecule has 11 heavy (non-hydrogen) atoms. The summed E-state index contributed by atoms with van der Waals surface area (Å²) in [5, 5.41) is 0. The number of rotatable bonds is 3. The maximum Gasteiger partial charge on any atom is 0.0815 e. The van der Waals surface area contributed by atoms with E-state index in [1.807, 2.05) is 0 Å². The third-order valence-corrected chi connectivity index (χ3v) is 3.49. The van der Waals surface area contributed by atoms with Gasteiger partial charge in [-0.2, -0.15) is 0 Å². The highest BCUT2D eigenvalue weighted by Crippen LogP contribution is 2.27. The van der Waals surface area contributed by atoms with Gasteiger partial charge in [0.2, 0.25) is 0 Å². The van der Waals surface area contributed by atoms with Crippen molar-refractivity contribution in [1.29, 1.82) is 0 Å². The summed E-state index contributed by atoms with van der Waals surface area (Å²) in [6.07, 6.45) is 2.12. The fourth-order valence-corrected chi connectivity index (χ4v) is 2.35. The summed E-state index contributed by atoms with van der Waals surface area (Å²) >= 11 is 2.40. The van der Waals surface area contributed by atoms with Gasteiger partial charge in [-0.05, 0) is 6.92 Å². The maximum absolute atomic E-state index is 5.73. The average Bonchev–Trinajstić information content (AvgIpc) is 2.07. The molecule has 0 aromatic heterocycles. The lowest BCUT2D eigenvalue weighted by Crippen LogP contribution is -2.40. The van der Waals surface area contributed by atoms with Gasteiger partial charge < -0.3 is 9.47 Å². The molecule has 1 fully saturated rings.